The molecule has 3 aromatic rings. The predicted molar refractivity (Wildman–Crippen MR) is 233 cm³/mol. The summed E-state index contributed by atoms with van der Waals surface area (Å²) in [5.74, 6) is -1.10. The number of aliphatic hydroxyl groups is 1. The summed E-state index contributed by atoms with van der Waals surface area (Å²) < 4.78 is 0. The summed E-state index contributed by atoms with van der Waals surface area (Å²) in [6.07, 6.45) is 1.54. The van der Waals surface area contributed by atoms with Gasteiger partial charge in [0.1, 0.15) is 12.1 Å². The second-order valence-corrected chi connectivity index (χ2v) is 17.3. The number of likely N-dealkylation sites (N-methyl/N-ethyl adjacent to an activating group) is 1. The molecule has 5 rings (SSSR count). The number of aliphatic hydroxyl groups excluding tert-OH is 1. The fourth-order valence-electron chi connectivity index (χ4n) is 7.46. The van der Waals surface area contributed by atoms with Crippen LogP contribution in [0.5, 0.6) is 0 Å². The van der Waals surface area contributed by atoms with Crippen LogP contribution >= 0.6 is 23.7 Å². The highest BCUT2D eigenvalue weighted by atomic mass is 35.5. The van der Waals surface area contributed by atoms with Gasteiger partial charge >= 0.3 is 0 Å². The minimum absolute atomic E-state index is 0. The SMILES string of the molecule is CNCCN1CCN(c2ccc(C(=O)NCCCCCC(=O)N[C@H](C(=O)N3C[C@H](O)C[C@H]3C(=O)N[C@@H](C)c3ccc(-c4scnc4C)cc3)C(C)(C)C)cc2)CC1.Cl. The van der Waals surface area contributed by atoms with Crippen molar-refractivity contribution in [2.45, 2.75) is 91.0 Å². The lowest BCUT2D eigenvalue weighted by Gasteiger charge is -2.36. The van der Waals surface area contributed by atoms with Gasteiger partial charge in [-0.15, -0.1) is 23.7 Å². The Hall–Kier alpha value is -4.08. The highest BCUT2D eigenvalue weighted by Crippen LogP contribution is 2.30. The minimum atomic E-state index is -0.885. The number of unbranched alkanes of at least 4 members (excludes halogenated alkanes) is 2. The maximum atomic E-state index is 14.0. The standard InChI is InChI=1S/C43H62N8O5S.ClH/c1-29(31-11-13-32(14-12-31)38-30(2)46-28-57-38)47-41(55)36-26-35(52)27-51(36)42(56)39(43(3,4)5)48-37(53)10-8-7-9-19-45-40(54)33-15-17-34(18-16-33)50-24-22-49(23-25-50)21-20-44-6;/h11-18,28-29,35-36,39,44,52H,7-10,19-27H2,1-6H3,(H,45,54)(H,47,55)(H,48,53);1H/t29-,35+,36-,39+;/m0./s1. The molecule has 13 nitrogen and oxygen atoms in total. The maximum Gasteiger partial charge on any atom is 0.251 e. The molecule has 15 heteroatoms. The Morgan fingerprint density at radius 3 is 2.24 bits per heavy atom. The molecule has 4 atom stereocenters. The molecular weight excluding hydrogens is 776 g/mol. The van der Waals surface area contributed by atoms with E-state index in [9.17, 15) is 24.3 Å². The Morgan fingerprint density at radius 1 is 0.931 bits per heavy atom. The van der Waals surface area contributed by atoms with Gasteiger partial charge < -0.3 is 36.2 Å². The van der Waals surface area contributed by atoms with E-state index in [0.29, 0.717) is 24.9 Å². The van der Waals surface area contributed by atoms with Crippen LogP contribution in [0.1, 0.15) is 87.5 Å². The van der Waals surface area contributed by atoms with Gasteiger partial charge in [-0.05, 0) is 74.5 Å². The Kier molecular flexibility index (Phi) is 17.5. The third-order valence-corrected chi connectivity index (χ3v) is 11.9. The summed E-state index contributed by atoms with van der Waals surface area (Å²) in [7, 11) is 1.97. The summed E-state index contributed by atoms with van der Waals surface area (Å²) >= 11 is 1.58. The largest absolute Gasteiger partial charge is 0.391 e. The lowest BCUT2D eigenvalue weighted by molar-refractivity contribution is -0.144. The molecule has 1 aromatic heterocycles. The number of halogens is 1. The lowest BCUT2D eigenvalue weighted by Crippen LogP contribution is -2.57. The molecular formula is C43H63ClN8O5S. The quantitative estimate of drug-likeness (QED) is 0.123. The first-order valence-electron chi connectivity index (χ1n) is 20.3. The number of thiazole rings is 1. The number of rotatable bonds is 17. The lowest BCUT2D eigenvalue weighted by atomic mass is 9.85. The van der Waals surface area contributed by atoms with Gasteiger partial charge in [0.25, 0.3) is 5.91 Å². The van der Waals surface area contributed by atoms with Gasteiger partial charge in [-0.2, -0.15) is 0 Å². The fraction of sp³-hybridized carbons (Fsp3) is 0.558. The molecule has 58 heavy (non-hydrogen) atoms. The number of hydrogen-bond donors (Lipinski definition) is 5. The fourth-order valence-corrected chi connectivity index (χ4v) is 8.27. The molecule has 0 unspecified atom stereocenters. The van der Waals surface area contributed by atoms with E-state index >= 15 is 0 Å². The van der Waals surface area contributed by atoms with Crippen LogP contribution in [0.25, 0.3) is 10.4 Å². The minimum Gasteiger partial charge on any atom is -0.391 e. The van der Waals surface area contributed by atoms with Crippen molar-refractivity contribution >= 4 is 53.1 Å². The van der Waals surface area contributed by atoms with E-state index in [1.54, 1.807) is 11.3 Å². The van der Waals surface area contributed by atoms with Gasteiger partial charge in [0.2, 0.25) is 17.7 Å². The summed E-state index contributed by atoms with van der Waals surface area (Å²) in [6.45, 7) is 16.0. The summed E-state index contributed by atoms with van der Waals surface area (Å²) in [5, 5.41) is 22.8. The number of aryl methyl sites for hydroxylation is 1. The average Bonchev–Trinajstić information content (AvgIpc) is 3.82. The average molecular weight is 840 g/mol. The van der Waals surface area contributed by atoms with Crippen LogP contribution in [-0.4, -0.2) is 121 Å². The number of likely N-dealkylation sites (tertiary alicyclic amines) is 1. The van der Waals surface area contributed by atoms with Crippen LogP contribution in [-0.2, 0) is 14.4 Å². The van der Waals surface area contributed by atoms with E-state index in [4.69, 9.17) is 0 Å². The number of nitrogens with one attached hydrogen (secondary N) is 4. The number of carbonyl (C=O) groups excluding carboxylic acids is 4. The highest BCUT2D eigenvalue weighted by Gasteiger charge is 2.44. The van der Waals surface area contributed by atoms with Crippen LogP contribution in [0.15, 0.2) is 54.0 Å². The molecule has 318 valence electrons. The van der Waals surface area contributed by atoms with Crippen molar-refractivity contribution in [3.05, 3.63) is 70.9 Å². The van der Waals surface area contributed by atoms with Gasteiger partial charge in [0.05, 0.1) is 28.2 Å². The van der Waals surface area contributed by atoms with Crippen LogP contribution < -0.4 is 26.2 Å². The first-order valence-corrected chi connectivity index (χ1v) is 21.2. The van der Waals surface area contributed by atoms with Crippen LogP contribution in [0, 0.1) is 12.3 Å². The number of amides is 4. The zero-order valence-corrected chi connectivity index (χ0v) is 36.5. The number of anilines is 1. The Balaban J connectivity index is 0.00000744. The van der Waals surface area contributed by atoms with Gasteiger partial charge in [-0.25, -0.2) is 4.98 Å². The Morgan fingerprint density at radius 2 is 1.62 bits per heavy atom. The number of hydrogen-bond acceptors (Lipinski definition) is 10. The number of carbonyl (C=O) groups is 4. The van der Waals surface area contributed by atoms with E-state index < -0.39 is 23.6 Å². The normalized spacial score (nSPS) is 18.3. The molecule has 2 aromatic carbocycles. The topological polar surface area (TPSA) is 159 Å². The van der Waals surface area contributed by atoms with Crippen molar-refractivity contribution in [1.82, 2.24) is 36.1 Å². The second kappa shape index (κ2) is 21.8. The smallest absolute Gasteiger partial charge is 0.251 e. The van der Waals surface area contributed by atoms with Gasteiger partial charge in [-0.3, -0.25) is 24.1 Å². The molecule has 0 bridgehead atoms. The van der Waals surface area contributed by atoms with Crippen LogP contribution in [0.4, 0.5) is 5.69 Å². The summed E-state index contributed by atoms with van der Waals surface area (Å²) in [6, 6.07) is 13.7. The van der Waals surface area contributed by atoms with Crippen molar-refractivity contribution < 1.29 is 24.3 Å². The van der Waals surface area contributed by atoms with Crippen molar-refractivity contribution in [2.75, 3.05) is 64.3 Å². The molecule has 2 fully saturated rings. The molecule has 3 heterocycles. The monoisotopic (exact) mass is 838 g/mol. The maximum absolute atomic E-state index is 14.0. The van der Waals surface area contributed by atoms with E-state index in [1.807, 2.05) is 95.7 Å². The van der Waals surface area contributed by atoms with Crippen molar-refractivity contribution in [2.24, 2.45) is 5.41 Å². The number of piperazine rings is 1. The molecule has 0 spiro atoms. The van der Waals surface area contributed by atoms with Gasteiger partial charge in [0, 0.05) is 76.5 Å². The summed E-state index contributed by atoms with van der Waals surface area (Å²) in [4.78, 5) is 65.2. The number of benzene rings is 2. The first-order chi connectivity index (χ1) is 27.2. The molecule has 2 aliphatic heterocycles. The molecule has 4 amide bonds. The molecule has 5 N–H and O–H groups in total. The van der Waals surface area contributed by atoms with Gasteiger partial charge in [0.15, 0.2) is 0 Å². The van der Waals surface area contributed by atoms with E-state index in [1.165, 1.54) is 4.90 Å². The molecule has 0 radical (unpaired) electrons. The van der Waals surface area contributed by atoms with Crippen molar-refractivity contribution in [3.8, 4) is 10.4 Å². The molecule has 2 saturated heterocycles. The third-order valence-electron chi connectivity index (χ3n) is 11.0. The van der Waals surface area contributed by atoms with Crippen molar-refractivity contribution in [3.63, 3.8) is 0 Å². The van der Waals surface area contributed by atoms with E-state index in [0.717, 1.165) is 73.1 Å². The van der Waals surface area contributed by atoms with E-state index in [-0.39, 0.29) is 61.5 Å². The van der Waals surface area contributed by atoms with Crippen LogP contribution in [0.3, 0.4) is 0 Å². The second-order valence-electron chi connectivity index (χ2n) is 16.4. The molecule has 2 aliphatic rings. The zero-order chi connectivity index (χ0) is 41.1. The van der Waals surface area contributed by atoms with Crippen LogP contribution in [0.2, 0.25) is 0 Å². The Labute approximate surface area is 354 Å². The van der Waals surface area contributed by atoms with Crippen molar-refractivity contribution in [1.29, 1.82) is 0 Å². The Bertz CT molecular complexity index is 1790. The first kappa shape index (κ1) is 46.6. The number of aromatic nitrogens is 1. The predicted octanol–water partition coefficient (Wildman–Crippen LogP) is 4.54. The summed E-state index contributed by atoms with van der Waals surface area (Å²) in [5.41, 5.74) is 5.88. The molecule has 0 saturated carbocycles. The highest BCUT2D eigenvalue weighted by molar-refractivity contribution is 7.13. The van der Waals surface area contributed by atoms with Gasteiger partial charge in [-0.1, -0.05) is 51.5 Å². The zero-order valence-electron chi connectivity index (χ0n) is 34.9. The molecule has 0 aliphatic carbocycles. The van der Waals surface area contributed by atoms with E-state index in [2.05, 4.69) is 36.1 Å². The third kappa shape index (κ3) is 12.7. The number of nitrogens with zero attached hydrogens (tertiary/aromatic N) is 4. The number of β-amino-alcohol motifs (C(OH)–C–C–N with tert-alkyl or cyclic N) is 1.